The molecule has 0 unspecified atom stereocenters. The van der Waals surface area contributed by atoms with Crippen LogP contribution in [-0.4, -0.2) is 18.9 Å². The predicted octanol–water partition coefficient (Wildman–Crippen LogP) is 3.13. The van der Waals surface area contributed by atoms with Crippen LogP contribution < -0.4 is 0 Å². The van der Waals surface area contributed by atoms with Crippen LogP contribution in [0.25, 0.3) is 0 Å². The number of hydrogen-bond acceptors (Lipinski definition) is 3. The van der Waals surface area contributed by atoms with Crippen molar-refractivity contribution in [2.75, 3.05) is 6.61 Å². The molecular weight excluding hydrogens is 340 g/mol. The summed E-state index contributed by atoms with van der Waals surface area (Å²) >= 11 is 6.58. The molecule has 1 aromatic carbocycles. The Labute approximate surface area is 110 Å². The number of carbonyl (C=O) groups excluding carboxylic acids is 2. The molecule has 0 N–H and O–H groups in total. The van der Waals surface area contributed by atoms with Crippen LogP contribution in [0, 0.1) is 0 Å². The van der Waals surface area contributed by atoms with Gasteiger partial charge in [0.05, 0.1) is 13.0 Å². The van der Waals surface area contributed by atoms with Gasteiger partial charge in [0.2, 0.25) is 0 Å². The molecule has 0 fully saturated rings. The average molecular weight is 350 g/mol. The van der Waals surface area contributed by atoms with Crippen LogP contribution in [0.1, 0.15) is 22.8 Å². The van der Waals surface area contributed by atoms with Crippen LogP contribution >= 0.6 is 31.9 Å². The van der Waals surface area contributed by atoms with Crippen molar-refractivity contribution in [3.63, 3.8) is 0 Å². The maximum absolute atomic E-state index is 11.3. The SMILES string of the molecule is CCOC(=O)Cc1cc(Br)c(C=O)cc1Br. The van der Waals surface area contributed by atoms with E-state index in [0.717, 1.165) is 16.3 Å². The van der Waals surface area contributed by atoms with Crippen molar-refractivity contribution in [1.29, 1.82) is 0 Å². The second-order valence-electron chi connectivity index (χ2n) is 3.06. The molecule has 0 heterocycles. The summed E-state index contributed by atoms with van der Waals surface area (Å²) < 4.78 is 6.25. The summed E-state index contributed by atoms with van der Waals surface area (Å²) in [5.41, 5.74) is 1.33. The van der Waals surface area contributed by atoms with Gasteiger partial charge in [-0.3, -0.25) is 9.59 Å². The van der Waals surface area contributed by atoms with E-state index in [9.17, 15) is 9.59 Å². The van der Waals surface area contributed by atoms with Crippen molar-refractivity contribution in [3.05, 3.63) is 32.2 Å². The smallest absolute Gasteiger partial charge is 0.310 e. The predicted molar refractivity (Wildman–Crippen MR) is 67.6 cm³/mol. The first-order valence-electron chi connectivity index (χ1n) is 4.67. The van der Waals surface area contributed by atoms with Crippen LogP contribution in [0.5, 0.6) is 0 Å². The highest BCUT2D eigenvalue weighted by molar-refractivity contribution is 9.11. The van der Waals surface area contributed by atoms with E-state index in [0.29, 0.717) is 16.6 Å². The third kappa shape index (κ3) is 3.42. The average Bonchev–Trinajstić information content (AvgIpc) is 2.23. The fraction of sp³-hybridized carbons (Fsp3) is 0.273. The lowest BCUT2D eigenvalue weighted by Crippen LogP contribution is -2.08. The summed E-state index contributed by atoms with van der Waals surface area (Å²) in [4.78, 5) is 22.0. The van der Waals surface area contributed by atoms with Crippen LogP contribution in [0.4, 0.5) is 0 Å². The Kier molecular flexibility index (Phi) is 5.15. The third-order valence-electron chi connectivity index (χ3n) is 1.93. The van der Waals surface area contributed by atoms with Crippen LogP contribution in [0.2, 0.25) is 0 Å². The first-order valence-corrected chi connectivity index (χ1v) is 6.25. The van der Waals surface area contributed by atoms with E-state index in [1.54, 1.807) is 19.1 Å². The number of carbonyl (C=O) groups is 2. The largest absolute Gasteiger partial charge is 0.466 e. The normalized spacial score (nSPS) is 9.94. The van der Waals surface area contributed by atoms with E-state index in [2.05, 4.69) is 31.9 Å². The lowest BCUT2D eigenvalue weighted by atomic mass is 10.1. The van der Waals surface area contributed by atoms with E-state index in [1.807, 2.05) is 0 Å². The number of benzene rings is 1. The highest BCUT2D eigenvalue weighted by Crippen LogP contribution is 2.25. The molecule has 1 aromatic rings. The van der Waals surface area contributed by atoms with Crippen LogP contribution in [0.3, 0.4) is 0 Å². The zero-order valence-electron chi connectivity index (χ0n) is 8.63. The van der Waals surface area contributed by atoms with Gasteiger partial charge in [-0.05, 0) is 24.6 Å². The first-order chi connectivity index (χ1) is 7.58. The molecule has 0 spiro atoms. The molecule has 0 aliphatic carbocycles. The summed E-state index contributed by atoms with van der Waals surface area (Å²) in [5, 5.41) is 0. The highest BCUT2D eigenvalue weighted by Gasteiger charge is 2.10. The molecule has 0 amide bonds. The zero-order chi connectivity index (χ0) is 12.1. The van der Waals surface area contributed by atoms with Gasteiger partial charge in [0.15, 0.2) is 6.29 Å². The monoisotopic (exact) mass is 348 g/mol. The van der Waals surface area contributed by atoms with Gasteiger partial charge in [0.1, 0.15) is 0 Å². The van der Waals surface area contributed by atoms with E-state index in [4.69, 9.17) is 4.74 Å². The maximum Gasteiger partial charge on any atom is 0.310 e. The standard InChI is InChI=1S/C11H10Br2O3/c1-2-16-11(15)5-7-3-10(13)8(6-14)4-9(7)12/h3-4,6H,2,5H2,1H3. The molecule has 1 rings (SSSR count). The van der Waals surface area contributed by atoms with E-state index in [1.165, 1.54) is 0 Å². The summed E-state index contributed by atoms with van der Waals surface area (Å²) in [6, 6.07) is 3.41. The molecule has 5 heteroatoms. The molecule has 16 heavy (non-hydrogen) atoms. The lowest BCUT2D eigenvalue weighted by Gasteiger charge is -2.06. The minimum absolute atomic E-state index is 0.187. The summed E-state index contributed by atoms with van der Waals surface area (Å²) in [6.07, 6.45) is 0.940. The van der Waals surface area contributed by atoms with E-state index < -0.39 is 0 Å². The third-order valence-corrected chi connectivity index (χ3v) is 3.36. The topological polar surface area (TPSA) is 43.4 Å². The second kappa shape index (κ2) is 6.15. The van der Waals surface area contributed by atoms with Gasteiger partial charge in [-0.25, -0.2) is 0 Å². The molecule has 0 aromatic heterocycles. The molecule has 0 saturated carbocycles. The van der Waals surface area contributed by atoms with Gasteiger partial charge in [0.25, 0.3) is 0 Å². The van der Waals surface area contributed by atoms with Crippen LogP contribution in [-0.2, 0) is 16.0 Å². The Morgan fingerprint density at radius 1 is 1.38 bits per heavy atom. The molecule has 86 valence electrons. The Balaban J connectivity index is 2.93. The molecule has 0 radical (unpaired) electrons. The Morgan fingerprint density at radius 3 is 2.62 bits per heavy atom. The Hall–Kier alpha value is -0.680. The quantitative estimate of drug-likeness (QED) is 0.619. The van der Waals surface area contributed by atoms with Gasteiger partial charge < -0.3 is 4.74 Å². The molecule has 0 saturated heterocycles. The van der Waals surface area contributed by atoms with Crippen molar-refractivity contribution in [1.82, 2.24) is 0 Å². The number of aldehydes is 1. The maximum atomic E-state index is 11.3. The minimum atomic E-state index is -0.283. The summed E-state index contributed by atoms with van der Waals surface area (Å²) in [5.74, 6) is -0.283. The first kappa shape index (κ1) is 13.4. The molecule has 0 aliphatic rings. The minimum Gasteiger partial charge on any atom is -0.466 e. The molecule has 0 aliphatic heterocycles. The highest BCUT2D eigenvalue weighted by atomic mass is 79.9. The van der Waals surface area contributed by atoms with Gasteiger partial charge in [-0.1, -0.05) is 31.9 Å². The summed E-state index contributed by atoms with van der Waals surface area (Å²) in [6.45, 7) is 2.13. The van der Waals surface area contributed by atoms with Crippen molar-refractivity contribution in [2.45, 2.75) is 13.3 Å². The molecule has 3 nitrogen and oxygen atoms in total. The zero-order valence-corrected chi connectivity index (χ0v) is 11.8. The van der Waals surface area contributed by atoms with E-state index in [-0.39, 0.29) is 12.4 Å². The fourth-order valence-corrected chi connectivity index (χ4v) is 2.18. The number of halogens is 2. The van der Waals surface area contributed by atoms with Crippen LogP contribution in [0.15, 0.2) is 21.1 Å². The van der Waals surface area contributed by atoms with Crippen molar-refractivity contribution < 1.29 is 14.3 Å². The van der Waals surface area contributed by atoms with Gasteiger partial charge in [-0.2, -0.15) is 0 Å². The lowest BCUT2D eigenvalue weighted by molar-refractivity contribution is -0.142. The number of hydrogen-bond donors (Lipinski definition) is 0. The number of rotatable bonds is 4. The Bertz CT molecular complexity index is 416. The Morgan fingerprint density at radius 2 is 2.06 bits per heavy atom. The fourth-order valence-electron chi connectivity index (χ4n) is 1.20. The van der Waals surface area contributed by atoms with Crippen molar-refractivity contribution in [3.8, 4) is 0 Å². The number of ether oxygens (including phenoxy) is 1. The van der Waals surface area contributed by atoms with Gasteiger partial charge >= 0.3 is 5.97 Å². The molecular formula is C11H10Br2O3. The van der Waals surface area contributed by atoms with Crippen molar-refractivity contribution >= 4 is 44.1 Å². The van der Waals surface area contributed by atoms with Gasteiger partial charge in [0, 0.05) is 14.5 Å². The van der Waals surface area contributed by atoms with Crippen molar-refractivity contribution in [2.24, 2.45) is 0 Å². The van der Waals surface area contributed by atoms with Gasteiger partial charge in [-0.15, -0.1) is 0 Å². The molecule has 0 atom stereocenters. The van der Waals surface area contributed by atoms with E-state index >= 15 is 0 Å². The summed E-state index contributed by atoms with van der Waals surface area (Å²) in [7, 11) is 0. The second-order valence-corrected chi connectivity index (χ2v) is 4.77. The number of esters is 1. The molecule has 0 bridgehead atoms.